The van der Waals surface area contributed by atoms with Gasteiger partial charge in [-0.3, -0.25) is 4.79 Å². The molecule has 0 aliphatic carbocycles. The second-order valence-corrected chi connectivity index (χ2v) is 6.39. The van der Waals surface area contributed by atoms with Crippen LogP contribution in [-0.2, 0) is 22.6 Å². The van der Waals surface area contributed by atoms with Gasteiger partial charge in [-0.25, -0.2) is 4.98 Å². The van der Waals surface area contributed by atoms with E-state index in [-0.39, 0.29) is 11.9 Å². The molecule has 6 heteroatoms. The third-order valence-electron chi connectivity index (χ3n) is 4.62. The second-order valence-electron chi connectivity index (χ2n) is 6.39. The Hall–Kier alpha value is -2.86. The first-order valence-corrected chi connectivity index (χ1v) is 8.68. The minimum atomic E-state index is 0.00493. The second kappa shape index (κ2) is 7.17. The molecule has 1 aliphatic heterocycles. The molecule has 2 heterocycles. The Kier molecular flexibility index (Phi) is 4.58. The van der Waals surface area contributed by atoms with Crippen LogP contribution < -0.4 is 10.1 Å². The Morgan fingerprint density at radius 3 is 2.96 bits per heavy atom. The van der Waals surface area contributed by atoms with Gasteiger partial charge in [0, 0.05) is 12.6 Å². The highest BCUT2D eigenvalue weighted by atomic mass is 16.5. The fraction of sp³-hybridized carbons (Fsp3) is 0.300. The average Bonchev–Trinajstić information content (AvgIpc) is 3.05. The molecule has 1 amide bonds. The van der Waals surface area contributed by atoms with Gasteiger partial charge in [-0.15, -0.1) is 0 Å². The quantitative estimate of drug-likeness (QED) is 0.767. The van der Waals surface area contributed by atoms with Crippen molar-refractivity contribution in [3.8, 4) is 5.75 Å². The SMILES string of the molecule is COc1ccc2nc3n(c2c1)C(CNC(=O)Cc1ccccc1)COC3. The molecule has 1 aliphatic rings. The van der Waals surface area contributed by atoms with Crippen molar-refractivity contribution >= 4 is 16.9 Å². The Bertz CT molecular complexity index is 921. The minimum absolute atomic E-state index is 0.00493. The predicted octanol–water partition coefficient (Wildman–Crippen LogP) is 2.48. The molecule has 3 aromatic rings. The molecule has 1 unspecified atom stereocenters. The smallest absolute Gasteiger partial charge is 0.224 e. The number of methoxy groups -OCH3 is 1. The maximum atomic E-state index is 12.3. The summed E-state index contributed by atoms with van der Waals surface area (Å²) in [5.74, 6) is 1.67. The Labute approximate surface area is 151 Å². The lowest BCUT2D eigenvalue weighted by atomic mass is 10.1. The van der Waals surface area contributed by atoms with Crippen molar-refractivity contribution in [3.63, 3.8) is 0 Å². The van der Waals surface area contributed by atoms with Crippen LogP contribution in [0.2, 0.25) is 0 Å². The third-order valence-corrected chi connectivity index (χ3v) is 4.62. The number of aromatic nitrogens is 2. The lowest BCUT2D eigenvalue weighted by molar-refractivity contribution is -0.120. The van der Waals surface area contributed by atoms with Gasteiger partial charge >= 0.3 is 0 Å². The lowest BCUT2D eigenvalue weighted by Gasteiger charge is -2.26. The number of ether oxygens (including phenoxy) is 2. The number of hydrogen-bond acceptors (Lipinski definition) is 4. The van der Waals surface area contributed by atoms with Crippen LogP contribution in [0.15, 0.2) is 48.5 Å². The molecule has 4 rings (SSSR count). The molecule has 0 radical (unpaired) electrons. The van der Waals surface area contributed by atoms with Crippen molar-refractivity contribution in [1.29, 1.82) is 0 Å². The van der Waals surface area contributed by atoms with Crippen molar-refractivity contribution in [2.75, 3.05) is 20.3 Å². The zero-order valence-corrected chi connectivity index (χ0v) is 14.6. The van der Waals surface area contributed by atoms with Crippen molar-refractivity contribution in [1.82, 2.24) is 14.9 Å². The first kappa shape index (κ1) is 16.6. The predicted molar refractivity (Wildman–Crippen MR) is 98.1 cm³/mol. The molecule has 26 heavy (non-hydrogen) atoms. The highest BCUT2D eigenvalue weighted by molar-refractivity contribution is 5.79. The Balaban J connectivity index is 1.51. The molecule has 0 saturated heterocycles. The van der Waals surface area contributed by atoms with Crippen LogP contribution in [0.1, 0.15) is 17.4 Å². The van der Waals surface area contributed by atoms with Gasteiger partial charge in [-0.1, -0.05) is 30.3 Å². The summed E-state index contributed by atoms with van der Waals surface area (Å²) < 4.78 is 13.2. The maximum Gasteiger partial charge on any atom is 0.224 e. The van der Waals surface area contributed by atoms with E-state index < -0.39 is 0 Å². The number of benzene rings is 2. The van der Waals surface area contributed by atoms with E-state index >= 15 is 0 Å². The van der Waals surface area contributed by atoms with E-state index in [1.54, 1.807) is 7.11 Å². The van der Waals surface area contributed by atoms with Crippen LogP contribution in [0.4, 0.5) is 0 Å². The van der Waals surface area contributed by atoms with E-state index in [1.165, 1.54) is 0 Å². The molecule has 0 saturated carbocycles. The number of nitrogens with zero attached hydrogens (tertiary/aromatic N) is 2. The largest absolute Gasteiger partial charge is 0.497 e. The van der Waals surface area contributed by atoms with Crippen LogP contribution in [0.3, 0.4) is 0 Å². The van der Waals surface area contributed by atoms with E-state index in [0.29, 0.717) is 26.2 Å². The molecule has 6 nitrogen and oxygen atoms in total. The standard InChI is InChI=1S/C20H21N3O3/c1-25-16-7-8-17-18(10-16)23-15(12-26-13-19(23)22-17)11-21-20(24)9-14-5-3-2-4-6-14/h2-8,10,15H,9,11-13H2,1H3,(H,21,24). The maximum absolute atomic E-state index is 12.3. The summed E-state index contributed by atoms with van der Waals surface area (Å²) >= 11 is 0. The van der Waals surface area contributed by atoms with E-state index in [2.05, 4.69) is 14.9 Å². The van der Waals surface area contributed by atoms with Gasteiger partial charge in [0.2, 0.25) is 5.91 Å². The van der Waals surface area contributed by atoms with Gasteiger partial charge in [0.15, 0.2) is 0 Å². The van der Waals surface area contributed by atoms with Gasteiger partial charge < -0.3 is 19.4 Å². The molecule has 0 spiro atoms. The van der Waals surface area contributed by atoms with Crippen molar-refractivity contribution < 1.29 is 14.3 Å². The fourth-order valence-corrected chi connectivity index (χ4v) is 3.35. The first-order chi connectivity index (χ1) is 12.7. The summed E-state index contributed by atoms with van der Waals surface area (Å²) in [6, 6.07) is 15.6. The van der Waals surface area contributed by atoms with Crippen LogP contribution in [0, 0.1) is 0 Å². The number of nitrogens with one attached hydrogen (secondary N) is 1. The minimum Gasteiger partial charge on any atom is -0.497 e. The number of carbonyl (C=O) groups excluding carboxylic acids is 1. The summed E-state index contributed by atoms with van der Waals surface area (Å²) in [6.07, 6.45) is 0.375. The zero-order valence-electron chi connectivity index (χ0n) is 14.6. The van der Waals surface area contributed by atoms with E-state index in [0.717, 1.165) is 28.2 Å². The number of amides is 1. The van der Waals surface area contributed by atoms with Gasteiger partial charge in [0.1, 0.15) is 18.2 Å². The summed E-state index contributed by atoms with van der Waals surface area (Å²) in [4.78, 5) is 16.9. The van der Waals surface area contributed by atoms with Crippen molar-refractivity contribution in [2.24, 2.45) is 0 Å². The number of carbonyl (C=O) groups is 1. The van der Waals surface area contributed by atoms with Gasteiger partial charge in [-0.2, -0.15) is 0 Å². The molecular weight excluding hydrogens is 330 g/mol. The van der Waals surface area contributed by atoms with Crippen LogP contribution in [-0.4, -0.2) is 35.7 Å². The van der Waals surface area contributed by atoms with Gasteiger partial charge in [0.05, 0.1) is 37.2 Å². The van der Waals surface area contributed by atoms with E-state index in [9.17, 15) is 4.79 Å². The normalized spacial score (nSPS) is 16.3. The summed E-state index contributed by atoms with van der Waals surface area (Å²) in [5.41, 5.74) is 2.92. The van der Waals surface area contributed by atoms with Crippen molar-refractivity contribution in [3.05, 3.63) is 59.9 Å². The summed E-state index contributed by atoms with van der Waals surface area (Å²) in [6.45, 7) is 1.52. The molecule has 0 fully saturated rings. The summed E-state index contributed by atoms with van der Waals surface area (Å²) in [7, 11) is 1.65. The highest BCUT2D eigenvalue weighted by Crippen LogP contribution is 2.28. The third kappa shape index (κ3) is 3.28. The van der Waals surface area contributed by atoms with Gasteiger partial charge in [0.25, 0.3) is 0 Å². The molecule has 0 bridgehead atoms. The monoisotopic (exact) mass is 351 g/mol. The number of fused-ring (bicyclic) bond motifs is 3. The number of rotatable bonds is 5. The van der Waals surface area contributed by atoms with Crippen molar-refractivity contribution in [2.45, 2.75) is 19.1 Å². The lowest BCUT2D eigenvalue weighted by Crippen LogP contribution is -2.36. The fourth-order valence-electron chi connectivity index (χ4n) is 3.35. The van der Waals surface area contributed by atoms with Crippen LogP contribution in [0.25, 0.3) is 11.0 Å². The highest BCUT2D eigenvalue weighted by Gasteiger charge is 2.24. The van der Waals surface area contributed by atoms with Crippen LogP contribution >= 0.6 is 0 Å². The Morgan fingerprint density at radius 1 is 1.31 bits per heavy atom. The Morgan fingerprint density at radius 2 is 2.15 bits per heavy atom. The topological polar surface area (TPSA) is 65.4 Å². The number of imidazole rings is 1. The molecule has 1 aromatic heterocycles. The average molecular weight is 351 g/mol. The summed E-state index contributed by atoms with van der Waals surface area (Å²) in [5, 5.41) is 3.03. The molecular formula is C20H21N3O3. The molecule has 134 valence electrons. The number of hydrogen-bond donors (Lipinski definition) is 1. The van der Waals surface area contributed by atoms with E-state index in [4.69, 9.17) is 9.47 Å². The van der Waals surface area contributed by atoms with E-state index in [1.807, 2.05) is 48.5 Å². The zero-order chi connectivity index (χ0) is 17.9. The molecule has 2 aromatic carbocycles. The molecule has 1 N–H and O–H groups in total. The first-order valence-electron chi connectivity index (χ1n) is 8.68. The van der Waals surface area contributed by atoms with Gasteiger partial charge in [-0.05, 0) is 17.7 Å². The van der Waals surface area contributed by atoms with Crippen LogP contribution in [0.5, 0.6) is 5.75 Å². The molecule has 1 atom stereocenters.